The summed E-state index contributed by atoms with van der Waals surface area (Å²) in [4.78, 5) is 17.2. The number of piperidine rings is 1. The van der Waals surface area contributed by atoms with E-state index in [2.05, 4.69) is 4.90 Å². The molecule has 2 heterocycles. The van der Waals surface area contributed by atoms with Gasteiger partial charge >= 0.3 is 0 Å². The number of nitrogens with zero attached hydrogens (tertiary/aromatic N) is 2. The van der Waals surface area contributed by atoms with E-state index >= 15 is 0 Å². The van der Waals surface area contributed by atoms with Crippen molar-refractivity contribution in [1.29, 1.82) is 0 Å². The maximum absolute atomic E-state index is 13.4. The summed E-state index contributed by atoms with van der Waals surface area (Å²) in [6, 6.07) is 9.25. The van der Waals surface area contributed by atoms with Gasteiger partial charge in [0.2, 0.25) is 5.91 Å². The molecule has 0 spiro atoms. The molecule has 1 N–H and O–H groups in total. The Balaban J connectivity index is 1.87. The molecule has 1 aromatic carbocycles. The first-order chi connectivity index (χ1) is 12.7. The molecule has 0 bridgehead atoms. The van der Waals surface area contributed by atoms with Crippen molar-refractivity contribution in [2.24, 2.45) is 0 Å². The third kappa shape index (κ3) is 4.51. The largest absolute Gasteiger partial charge is 0.467 e. The predicted octanol–water partition coefficient (Wildman–Crippen LogP) is 2.97. The molecule has 5 nitrogen and oxygen atoms in total. The van der Waals surface area contributed by atoms with Crippen LogP contribution in [0.2, 0.25) is 0 Å². The molecule has 26 heavy (non-hydrogen) atoms. The molecule has 1 fully saturated rings. The van der Waals surface area contributed by atoms with E-state index in [-0.39, 0.29) is 24.9 Å². The van der Waals surface area contributed by atoms with Crippen LogP contribution in [-0.4, -0.2) is 47.1 Å². The van der Waals surface area contributed by atoms with Crippen LogP contribution in [0.1, 0.15) is 36.6 Å². The molecule has 3 rings (SSSR count). The highest BCUT2D eigenvalue weighted by Crippen LogP contribution is 2.27. The van der Waals surface area contributed by atoms with E-state index in [0.29, 0.717) is 12.3 Å². The highest BCUT2D eigenvalue weighted by atomic mass is 19.1. The number of likely N-dealkylation sites (tertiary alicyclic amines) is 1. The van der Waals surface area contributed by atoms with Crippen LogP contribution in [-0.2, 0) is 11.3 Å². The molecule has 0 saturated carbocycles. The van der Waals surface area contributed by atoms with Crippen molar-refractivity contribution in [3.8, 4) is 0 Å². The van der Waals surface area contributed by atoms with E-state index in [1.165, 1.54) is 12.1 Å². The quantitative estimate of drug-likeness (QED) is 0.825. The number of furan rings is 1. The van der Waals surface area contributed by atoms with E-state index in [9.17, 15) is 14.3 Å². The molecular formula is C20H25FN2O3. The fourth-order valence-electron chi connectivity index (χ4n) is 3.48. The number of hydrogen-bond acceptors (Lipinski definition) is 4. The highest BCUT2D eigenvalue weighted by molar-refractivity contribution is 5.83. The van der Waals surface area contributed by atoms with Gasteiger partial charge in [-0.25, -0.2) is 4.39 Å². The maximum atomic E-state index is 13.4. The van der Waals surface area contributed by atoms with Gasteiger partial charge in [-0.05, 0) is 55.8 Å². The van der Waals surface area contributed by atoms with Crippen molar-refractivity contribution >= 4 is 5.91 Å². The molecular weight excluding hydrogens is 335 g/mol. The topological polar surface area (TPSA) is 56.9 Å². The number of aliphatic hydroxyl groups excluding tert-OH is 1. The van der Waals surface area contributed by atoms with Crippen molar-refractivity contribution in [2.75, 3.05) is 26.2 Å². The lowest BCUT2D eigenvalue weighted by Gasteiger charge is -2.36. The zero-order chi connectivity index (χ0) is 18.4. The Morgan fingerprint density at radius 1 is 1.19 bits per heavy atom. The Morgan fingerprint density at radius 3 is 2.54 bits per heavy atom. The first-order valence-electron chi connectivity index (χ1n) is 9.10. The minimum Gasteiger partial charge on any atom is -0.467 e. The van der Waals surface area contributed by atoms with Gasteiger partial charge in [0.05, 0.1) is 19.4 Å². The van der Waals surface area contributed by atoms with Gasteiger partial charge in [-0.3, -0.25) is 9.69 Å². The lowest BCUT2D eigenvalue weighted by atomic mass is 10.00. The van der Waals surface area contributed by atoms with E-state index in [0.717, 1.165) is 37.9 Å². The van der Waals surface area contributed by atoms with Gasteiger partial charge in [0.15, 0.2) is 0 Å². The second-order valence-corrected chi connectivity index (χ2v) is 6.61. The zero-order valence-corrected chi connectivity index (χ0v) is 14.8. The normalized spacial score (nSPS) is 16.4. The van der Waals surface area contributed by atoms with Crippen LogP contribution < -0.4 is 0 Å². The molecule has 2 aromatic rings. The molecule has 1 aliphatic heterocycles. The molecule has 0 aliphatic carbocycles. The summed E-state index contributed by atoms with van der Waals surface area (Å²) in [5.74, 6) is 0.258. The number of rotatable bonds is 7. The van der Waals surface area contributed by atoms with Gasteiger partial charge in [-0.15, -0.1) is 0 Å². The minimum atomic E-state index is -0.475. The van der Waals surface area contributed by atoms with Crippen molar-refractivity contribution in [3.63, 3.8) is 0 Å². The van der Waals surface area contributed by atoms with E-state index in [1.54, 1.807) is 29.4 Å². The van der Waals surface area contributed by atoms with Gasteiger partial charge in [-0.2, -0.15) is 0 Å². The molecule has 140 valence electrons. The number of halogens is 1. The van der Waals surface area contributed by atoms with Crippen LogP contribution in [0.4, 0.5) is 4.39 Å². The highest BCUT2D eigenvalue weighted by Gasteiger charge is 2.32. The molecule has 1 aromatic heterocycles. The van der Waals surface area contributed by atoms with Crippen LogP contribution in [0.15, 0.2) is 47.1 Å². The molecule has 1 unspecified atom stereocenters. The number of aliphatic hydroxyl groups is 1. The third-order valence-electron chi connectivity index (χ3n) is 4.78. The SMILES string of the molecule is O=C(C(c1ccc(F)cc1)N1CCCCC1)N(CCO)Cc1ccco1. The van der Waals surface area contributed by atoms with Crippen molar-refractivity contribution in [1.82, 2.24) is 9.80 Å². The van der Waals surface area contributed by atoms with Crippen LogP contribution in [0.3, 0.4) is 0 Å². The van der Waals surface area contributed by atoms with E-state index in [4.69, 9.17) is 4.42 Å². The van der Waals surface area contributed by atoms with Crippen LogP contribution in [0, 0.1) is 5.82 Å². The number of carbonyl (C=O) groups excluding carboxylic acids is 1. The average molecular weight is 360 g/mol. The summed E-state index contributed by atoms with van der Waals surface area (Å²) in [6.07, 6.45) is 4.82. The van der Waals surface area contributed by atoms with Crippen molar-refractivity contribution < 1.29 is 18.7 Å². The Bertz CT molecular complexity index is 682. The first-order valence-corrected chi connectivity index (χ1v) is 9.10. The second-order valence-electron chi connectivity index (χ2n) is 6.61. The van der Waals surface area contributed by atoms with Crippen LogP contribution >= 0.6 is 0 Å². The average Bonchev–Trinajstić information content (AvgIpc) is 3.17. The molecule has 1 atom stereocenters. The number of hydrogen-bond donors (Lipinski definition) is 1. The Morgan fingerprint density at radius 2 is 1.92 bits per heavy atom. The van der Waals surface area contributed by atoms with E-state index in [1.807, 2.05) is 6.07 Å². The second kappa shape index (κ2) is 8.96. The van der Waals surface area contributed by atoms with Crippen LogP contribution in [0.25, 0.3) is 0 Å². The fourth-order valence-corrected chi connectivity index (χ4v) is 3.48. The zero-order valence-electron chi connectivity index (χ0n) is 14.8. The van der Waals surface area contributed by atoms with Gasteiger partial charge in [0.25, 0.3) is 0 Å². The molecule has 1 aliphatic rings. The standard InChI is InChI=1S/C20H25FN2O3/c21-17-8-6-16(7-9-17)19(22-10-2-1-3-11-22)20(25)23(12-13-24)15-18-5-4-14-26-18/h4-9,14,19,24H,1-3,10-13,15H2. The lowest BCUT2D eigenvalue weighted by molar-refractivity contribution is -0.139. The molecule has 6 heteroatoms. The van der Waals surface area contributed by atoms with Gasteiger partial charge in [0.1, 0.15) is 17.6 Å². The predicted molar refractivity (Wildman–Crippen MR) is 95.8 cm³/mol. The summed E-state index contributed by atoms with van der Waals surface area (Å²) in [6.45, 7) is 2.08. The summed E-state index contributed by atoms with van der Waals surface area (Å²) >= 11 is 0. The molecule has 1 amide bonds. The fraction of sp³-hybridized carbons (Fsp3) is 0.450. The smallest absolute Gasteiger partial charge is 0.245 e. The van der Waals surface area contributed by atoms with Crippen molar-refractivity contribution in [3.05, 3.63) is 59.8 Å². The Labute approximate surface area is 153 Å². The summed E-state index contributed by atoms with van der Waals surface area (Å²) < 4.78 is 18.7. The lowest BCUT2D eigenvalue weighted by Crippen LogP contribution is -2.45. The monoisotopic (exact) mass is 360 g/mol. The van der Waals surface area contributed by atoms with Gasteiger partial charge in [-0.1, -0.05) is 18.6 Å². The maximum Gasteiger partial charge on any atom is 0.245 e. The number of carbonyl (C=O) groups is 1. The van der Waals surface area contributed by atoms with Gasteiger partial charge < -0.3 is 14.4 Å². The third-order valence-corrected chi connectivity index (χ3v) is 4.78. The first kappa shape index (κ1) is 18.6. The van der Waals surface area contributed by atoms with Crippen LogP contribution in [0.5, 0.6) is 0 Å². The summed E-state index contributed by atoms with van der Waals surface area (Å²) in [7, 11) is 0. The number of amides is 1. The summed E-state index contributed by atoms with van der Waals surface area (Å²) in [5, 5.41) is 9.43. The Hall–Kier alpha value is -2.18. The number of benzene rings is 1. The van der Waals surface area contributed by atoms with E-state index < -0.39 is 6.04 Å². The van der Waals surface area contributed by atoms with Crippen molar-refractivity contribution in [2.45, 2.75) is 31.8 Å². The van der Waals surface area contributed by atoms with Gasteiger partial charge in [0, 0.05) is 6.54 Å². The Kier molecular flexibility index (Phi) is 6.41. The summed E-state index contributed by atoms with van der Waals surface area (Å²) in [5.41, 5.74) is 0.778. The molecule has 1 saturated heterocycles. The minimum absolute atomic E-state index is 0.0936. The molecule has 0 radical (unpaired) electrons.